The fourth-order valence-electron chi connectivity index (χ4n) is 3.69. The number of carbonyl (C=O) groups excluding carboxylic acids is 2. The summed E-state index contributed by atoms with van der Waals surface area (Å²) in [6.07, 6.45) is 1.36. The molecule has 2 N–H and O–H groups in total. The zero-order chi connectivity index (χ0) is 24.9. The van der Waals surface area contributed by atoms with Gasteiger partial charge in [-0.15, -0.1) is 0 Å². The largest absolute Gasteiger partial charge is 0.497 e. The first-order valence-electron chi connectivity index (χ1n) is 10.3. The Kier molecular flexibility index (Phi) is 7.62. The van der Waals surface area contributed by atoms with Crippen LogP contribution >= 0.6 is 11.6 Å². The van der Waals surface area contributed by atoms with Gasteiger partial charge in [-0.2, -0.15) is 0 Å². The molecule has 1 aromatic carbocycles. The van der Waals surface area contributed by atoms with Gasteiger partial charge in [0.05, 0.1) is 30.5 Å². The zero-order valence-corrected chi connectivity index (χ0v) is 19.3. The summed E-state index contributed by atoms with van der Waals surface area (Å²) in [4.78, 5) is 41.6. The molecule has 1 aromatic heterocycles. The number of likely N-dealkylation sites (tertiary alicyclic amines) is 1. The number of hydrogen-bond donors (Lipinski definition) is 2. The van der Waals surface area contributed by atoms with Crippen LogP contribution in [0.5, 0.6) is 5.75 Å². The van der Waals surface area contributed by atoms with E-state index in [4.69, 9.17) is 21.1 Å². The van der Waals surface area contributed by atoms with E-state index in [1.807, 2.05) is 12.1 Å². The quantitative estimate of drug-likeness (QED) is 0.535. The number of pyridine rings is 1. The van der Waals surface area contributed by atoms with Crippen LogP contribution < -0.4 is 10.1 Å². The van der Waals surface area contributed by atoms with Crippen molar-refractivity contribution in [2.24, 2.45) is 0 Å². The van der Waals surface area contributed by atoms with Crippen LogP contribution in [0.1, 0.15) is 18.4 Å². The number of hydrogen-bond acceptors (Lipinski definition) is 7. The molecule has 3 rings (SSSR count). The molecule has 0 spiro atoms. The maximum absolute atomic E-state index is 12.4. The second-order valence-corrected chi connectivity index (χ2v) is 8.04. The average Bonchev–Trinajstić information content (AvgIpc) is 3.23. The third-order valence-electron chi connectivity index (χ3n) is 5.49. The minimum atomic E-state index is -1.71. The number of halogens is 1. The molecule has 2 heterocycles. The molecule has 0 bridgehead atoms. The minimum Gasteiger partial charge on any atom is -0.497 e. The van der Waals surface area contributed by atoms with Gasteiger partial charge in [0.15, 0.2) is 5.54 Å². The van der Waals surface area contributed by atoms with Gasteiger partial charge < -0.3 is 29.5 Å². The van der Waals surface area contributed by atoms with E-state index in [0.717, 1.165) is 27.6 Å². The number of ether oxygens (including phenoxy) is 3. The Morgan fingerprint density at radius 2 is 2.15 bits per heavy atom. The summed E-state index contributed by atoms with van der Waals surface area (Å²) in [6, 6.07) is 5.42. The van der Waals surface area contributed by atoms with Crippen molar-refractivity contribution < 1.29 is 33.7 Å². The van der Waals surface area contributed by atoms with Gasteiger partial charge in [-0.3, -0.25) is 4.98 Å². The molecule has 0 radical (unpaired) electrons. The number of allylic oxidation sites excluding steroid dienone is 1. The van der Waals surface area contributed by atoms with Gasteiger partial charge in [-0.1, -0.05) is 24.8 Å². The van der Waals surface area contributed by atoms with Crippen LogP contribution in [0.25, 0.3) is 10.9 Å². The number of nitrogens with zero attached hydrogens (tertiary/aromatic N) is 2. The van der Waals surface area contributed by atoms with Gasteiger partial charge in [0, 0.05) is 31.0 Å². The Morgan fingerprint density at radius 1 is 1.38 bits per heavy atom. The second-order valence-electron chi connectivity index (χ2n) is 7.63. The van der Waals surface area contributed by atoms with Crippen molar-refractivity contribution in [1.29, 1.82) is 0 Å². The molecule has 2 amide bonds. The first-order chi connectivity index (χ1) is 16.2. The molecule has 1 fully saturated rings. The number of carboxylic acids is 1. The number of aliphatic carboxylic acids is 1. The van der Waals surface area contributed by atoms with E-state index in [0.29, 0.717) is 17.2 Å². The van der Waals surface area contributed by atoms with Crippen LogP contribution in [0, 0.1) is 0 Å². The number of amides is 2. The van der Waals surface area contributed by atoms with Crippen molar-refractivity contribution in [2.75, 3.05) is 20.2 Å². The van der Waals surface area contributed by atoms with Crippen LogP contribution in [0.2, 0.25) is 5.02 Å². The molecule has 1 aliphatic heterocycles. The maximum atomic E-state index is 12.4. The number of alkyl carbamates (subject to hydrolysis) is 1. The second kappa shape index (κ2) is 10.4. The number of fused-ring (bicyclic) bond motifs is 1. The van der Waals surface area contributed by atoms with Crippen LogP contribution in [0.3, 0.4) is 0 Å². The van der Waals surface area contributed by atoms with Crippen molar-refractivity contribution in [1.82, 2.24) is 15.2 Å². The lowest BCUT2D eigenvalue weighted by Crippen LogP contribution is -2.56. The monoisotopic (exact) mass is 489 g/mol. The molecule has 1 aliphatic rings. The number of methoxy groups -OCH3 is 1. The predicted molar refractivity (Wildman–Crippen MR) is 124 cm³/mol. The molecule has 0 saturated carbocycles. The SMILES string of the molecule is C=COC(=O)N1CCC(NC(=O)OC(=C)CCc2c(Cl)cnc3ccc(OC)cc23)(C(=O)O)C1. The first-order valence-corrected chi connectivity index (χ1v) is 10.7. The molecular weight excluding hydrogens is 466 g/mol. The van der Waals surface area contributed by atoms with Crippen LogP contribution in [0.4, 0.5) is 9.59 Å². The van der Waals surface area contributed by atoms with E-state index < -0.39 is 23.7 Å². The lowest BCUT2D eigenvalue weighted by molar-refractivity contribution is -0.144. The summed E-state index contributed by atoms with van der Waals surface area (Å²) < 4.78 is 15.2. The first kappa shape index (κ1) is 24.8. The number of benzene rings is 1. The van der Waals surface area contributed by atoms with Gasteiger partial charge in [0.1, 0.15) is 11.5 Å². The van der Waals surface area contributed by atoms with Gasteiger partial charge in [-0.25, -0.2) is 14.4 Å². The van der Waals surface area contributed by atoms with Gasteiger partial charge in [0.2, 0.25) is 0 Å². The highest BCUT2D eigenvalue weighted by Gasteiger charge is 2.48. The highest BCUT2D eigenvalue weighted by Crippen LogP contribution is 2.29. The third kappa shape index (κ3) is 5.40. The number of nitrogens with one attached hydrogen (secondary N) is 1. The molecule has 10 nitrogen and oxygen atoms in total. The fraction of sp³-hybridized carbons (Fsp3) is 0.304. The summed E-state index contributed by atoms with van der Waals surface area (Å²) in [5, 5.41) is 13.3. The third-order valence-corrected chi connectivity index (χ3v) is 5.81. The van der Waals surface area contributed by atoms with Crippen molar-refractivity contribution in [2.45, 2.75) is 24.8 Å². The standard InChI is InChI=1S/C23H24ClN3O7/c1-4-33-22(31)27-10-9-23(13-27,20(28)29)26-21(30)34-14(2)5-7-16-17-11-15(32-3)6-8-19(17)25-12-18(16)24/h4,6,8,11-12H,1-2,5,7,9-10,13H2,3H3,(H,26,30)(H,28,29). The number of carbonyl (C=O) groups is 3. The topological polar surface area (TPSA) is 127 Å². The number of rotatable bonds is 8. The Bertz CT molecular complexity index is 1150. The van der Waals surface area contributed by atoms with Crippen molar-refractivity contribution in [3.8, 4) is 5.75 Å². The summed E-state index contributed by atoms with van der Waals surface area (Å²) in [5.41, 5.74) is -0.197. The van der Waals surface area contributed by atoms with E-state index >= 15 is 0 Å². The lowest BCUT2D eigenvalue weighted by atomic mass is 9.99. The Hall–Kier alpha value is -3.79. The van der Waals surface area contributed by atoms with E-state index in [1.165, 1.54) is 0 Å². The maximum Gasteiger partial charge on any atom is 0.414 e. The van der Waals surface area contributed by atoms with Crippen LogP contribution in [-0.4, -0.2) is 58.9 Å². The average molecular weight is 490 g/mol. The Labute approximate surface area is 200 Å². The Morgan fingerprint density at radius 3 is 2.82 bits per heavy atom. The van der Waals surface area contributed by atoms with Gasteiger partial charge in [-0.05, 0) is 30.2 Å². The van der Waals surface area contributed by atoms with Crippen molar-refractivity contribution >= 4 is 40.7 Å². The van der Waals surface area contributed by atoms with Crippen LogP contribution in [-0.2, 0) is 20.7 Å². The Balaban J connectivity index is 1.64. The summed E-state index contributed by atoms with van der Waals surface area (Å²) >= 11 is 6.35. The molecule has 2 aromatic rings. The minimum absolute atomic E-state index is 0.0173. The normalized spacial score (nSPS) is 17.2. The fourth-order valence-corrected chi connectivity index (χ4v) is 3.94. The molecule has 1 unspecified atom stereocenters. The molecule has 1 atom stereocenters. The molecule has 1 saturated heterocycles. The van der Waals surface area contributed by atoms with Gasteiger partial charge in [0.25, 0.3) is 0 Å². The van der Waals surface area contributed by atoms with Gasteiger partial charge >= 0.3 is 18.2 Å². The molecule has 11 heteroatoms. The van der Waals surface area contributed by atoms with Crippen LogP contribution in [0.15, 0.2) is 49.6 Å². The molecule has 180 valence electrons. The number of aromatic nitrogens is 1. The van der Waals surface area contributed by atoms with Crippen molar-refractivity contribution in [3.05, 3.63) is 60.2 Å². The summed E-state index contributed by atoms with van der Waals surface area (Å²) in [6.45, 7) is 6.84. The molecule has 34 heavy (non-hydrogen) atoms. The van der Waals surface area contributed by atoms with E-state index in [-0.39, 0.29) is 31.7 Å². The number of aryl methyl sites for hydroxylation is 1. The van der Waals surface area contributed by atoms with E-state index in [2.05, 4.69) is 28.2 Å². The van der Waals surface area contributed by atoms with Crippen molar-refractivity contribution in [3.63, 3.8) is 0 Å². The zero-order valence-electron chi connectivity index (χ0n) is 18.5. The lowest BCUT2D eigenvalue weighted by Gasteiger charge is -2.25. The number of carboxylic acid groups (broad SMARTS) is 1. The highest BCUT2D eigenvalue weighted by atomic mass is 35.5. The summed E-state index contributed by atoms with van der Waals surface area (Å²) in [5.74, 6) is -0.537. The smallest absolute Gasteiger partial charge is 0.414 e. The predicted octanol–water partition coefficient (Wildman–Crippen LogP) is 3.88. The van der Waals surface area contributed by atoms with E-state index in [9.17, 15) is 19.5 Å². The molecular formula is C23H24ClN3O7. The summed E-state index contributed by atoms with van der Waals surface area (Å²) in [7, 11) is 1.56. The molecule has 0 aliphatic carbocycles. The van der Waals surface area contributed by atoms with E-state index in [1.54, 1.807) is 19.4 Å². The highest BCUT2D eigenvalue weighted by molar-refractivity contribution is 6.32.